The Morgan fingerprint density at radius 2 is 1.94 bits per heavy atom. The molecule has 0 fully saturated rings. The van der Waals surface area contributed by atoms with Gasteiger partial charge < -0.3 is 9.88 Å². The molecule has 0 amide bonds. The van der Waals surface area contributed by atoms with Gasteiger partial charge in [0.25, 0.3) is 0 Å². The number of rotatable bonds is 5. The summed E-state index contributed by atoms with van der Waals surface area (Å²) in [4.78, 5) is 28.2. The molecule has 36 heavy (non-hydrogen) atoms. The molecule has 0 spiro atoms. The number of aromatic amines is 2. The number of fused-ring (bicyclic) bond motifs is 2. The molecule has 5 aromatic rings. The van der Waals surface area contributed by atoms with Crippen LogP contribution in [0, 0.1) is 0 Å². The van der Waals surface area contributed by atoms with E-state index >= 15 is 0 Å². The second-order valence-corrected chi connectivity index (χ2v) is 10.1. The van der Waals surface area contributed by atoms with E-state index in [-0.39, 0.29) is 5.78 Å². The lowest BCUT2D eigenvalue weighted by Crippen LogP contribution is -2.08. The minimum Gasteiger partial charge on any atom is -0.376 e. The van der Waals surface area contributed by atoms with Crippen LogP contribution in [0.4, 0.5) is 5.69 Å². The second kappa shape index (κ2) is 8.73. The van der Waals surface area contributed by atoms with Gasteiger partial charge in [0.1, 0.15) is 5.69 Å². The van der Waals surface area contributed by atoms with Crippen molar-refractivity contribution in [3.8, 4) is 22.5 Å². The number of ketones is 1. The average Bonchev–Trinajstić information content (AvgIpc) is 3.60. The van der Waals surface area contributed by atoms with Gasteiger partial charge in [-0.1, -0.05) is 6.07 Å². The molecule has 0 aliphatic carbocycles. The summed E-state index contributed by atoms with van der Waals surface area (Å²) in [6.45, 7) is 2.15. The molecular formula is C28H24N6OS. The Morgan fingerprint density at radius 1 is 1.06 bits per heavy atom. The summed E-state index contributed by atoms with van der Waals surface area (Å²) in [5, 5.41) is 8.86. The number of carbonyl (C=O) groups is 1. The van der Waals surface area contributed by atoms with Gasteiger partial charge in [0.15, 0.2) is 5.78 Å². The van der Waals surface area contributed by atoms with Crippen molar-refractivity contribution in [3.05, 3.63) is 81.9 Å². The number of thiophene rings is 1. The third kappa shape index (κ3) is 3.85. The van der Waals surface area contributed by atoms with Crippen LogP contribution in [0.15, 0.2) is 65.9 Å². The Hall–Kier alpha value is -4.30. The first-order chi connectivity index (χ1) is 17.5. The molecule has 178 valence electrons. The summed E-state index contributed by atoms with van der Waals surface area (Å²) >= 11 is 1.51. The largest absolute Gasteiger partial charge is 0.376 e. The van der Waals surface area contributed by atoms with Crippen molar-refractivity contribution in [2.24, 2.45) is 4.99 Å². The highest BCUT2D eigenvalue weighted by Crippen LogP contribution is 2.37. The van der Waals surface area contributed by atoms with Crippen LogP contribution in [0.2, 0.25) is 0 Å². The average molecular weight is 493 g/mol. The van der Waals surface area contributed by atoms with E-state index in [1.807, 2.05) is 55.8 Å². The molecule has 7 nitrogen and oxygen atoms in total. The van der Waals surface area contributed by atoms with Gasteiger partial charge in [-0.2, -0.15) is 5.10 Å². The number of benzene rings is 1. The molecule has 4 aromatic heterocycles. The summed E-state index contributed by atoms with van der Waals surface area (Å²) in [5.41, 5.74) is 9.09. The van der Waals surface area contributed by atoms with E-state index in [1.54, 1.807) is 6.92 Å². The number of aromatic nitrogens is 4. The van der Waals surface area contributed by atoms with Gasteiger partial charge in [-0.15, -0.1) is 11.3 Å². The minimum atomic E-state index is 0.0780. The molecule has 1 aliphatic rings. The Kier molecular flexibility index (Phi) is 5.38. The molecule has 6 rings (SSSR count). The Bertz CT molecular complexity index is 1680. The number of aliphatic imine (C=N–C) groups is 1. The third-order valence-corrected chi connectivity index (χ3v) is 7.61. The number of H-pyrrole nitrogens is 2. The summed E-state index contributed by atoms with van der Waals surface area (Å²) in [5.74, 6) is 0.0780. The van der Waals surface area contributed by atoms with E-state index in [9.17, 15) is 4.79 Å². The van der Waals surface area contributed by atoms with Crippen LogP contribution in [0.5, 0.6) is 0 Å². The SMILES string of the molecule is CC(=O)c1ccc(C2=CC=NCc3[nH]c(-c4n[nH]c5ccc(-c6cncc(N(C)C)c6)cc45)cc32)s1. The minimum absolute atomic E-state index is 0.0780. The maximum Gasteiger partial charge on any atom is 0.169 e. The van der Waals surface area contributed by atoms with E-state index in [4.69, 9.17) is 0 Å². The van der Waals surface area contributed by atoms with Gasteiger partial charge in [0, 0.05) is 59.2 Å². The number of hydrogen-bond acceptors (Lipinski definition) is 6. The fraction of sp³-hybridized carbons (Fsp3) is 0.143. The number of nitrogens with zero attached hydrogens (tertiary/aromatic N) is 4. The van der Waals surface area contributed by atoms with Crippen LogP contribution < -0.4 is 4.90 Å². The first-order valence-corrected chi connectivity index (χ1v) is 12.4. The predicted octanol–water partition coefficient (Wildman–Crippen LogP) is 5.97. The smallest absolute Gasteiger partial charge is 0.169 e. The highest BCUT2D eigenvalue weighted by molar-refractivity contribution is 7.15. The van der Waals surface area contributed by atoms with E-state index in [0.717, 1.165) is 65.7 Å². The van der Waals surface area contributed by atoms with Gasteiger partial charge in [-0.3, -0.25) is 19.9 Å². The van der Waals surface area contributed by atoms with Crippen LogP contribution in [0.3, 0.4) is 0 Å². The second-order valence-electron chi connectivity index (χ2n) is 9.02. The lowest BCUT2D eigenvalue weighted by molar-refractivity contribution is 0.102. The fourth-order valence-corrected chi connectivity index (χ4v) is 5.41. The molecule has 0 saturated heterocycles. The maximum absolute atomic E-state index is 11.9. The van der Waals surface area contributed by atoms with Crippen molar-refractivity contribution >= 4 is 45.5 Å². The molecule has 0 saturated carbocycles. The summed E-state index contributed by atoms with van der Waals surface area (Å²) in [7, 11) is 4.02. The first kappa shape index (κ1) is 22.2. The number of allylic oxidation sites excluding steroid dienone is 1. The molecule has 0 bridgehead atoms. The topological polar surface area (TPSA) is 90.0 Å². The van der Waals surface area contributed by atoms with Crippen molar-refractivity contribution in [2.75, 3.05) is 19.0 Å². The molecule has 0 unspecified atom stereocenters. The maximum atomic E-state index is 11.9. The third-order valence-electron chi connectivity index (χ3n) is 6.40. The van der Waals surface area contributed by atoms with E-state index in [2.05, 4.69) is 55.5 Å². The summed E-state index contributed by atoms with van der Waals surface area (Å²) in [6.07, 6.45) is 7.60. The van der Waals surface area contributed by atoms with Crippen molar-refractivity contribution in [2.45, 2.75) is 13.5 Å². The van der Waals surface area contributed by atoms with Crippen molar-refractivity contribution in [3.63, 3.8) is 0 Å². The number of nitrogens with one attached hydrogen (secondary N) is 2. The number of carbonyl (C=O) groups excluding carboxylic acids is 1. The van der Waals surface area contributed by atoms with Crippen molar-refractivity contribution in [1.29, 1.82) is 0 Å². The number of anilines is 1. The van der Waals surface area contributed by atoms with Gasteiger partial charge in [0.2, 0.25) is 0 Å². The van der Waals surface area contributed by atoms with Gasteiger partial charge >= 0.3 is 0 Å². The first-order valence-electron chi connectivity index (χ1n) is 11.6. The lowest BCUT2D eigenvalue weighted by Gasteiger charge is -2.13. The van der Waals surface area contributed by atoms with Gasteiger partial charge in [-0.05, 0) is 55.0 Å². The van der Waals surface area contributed by atoms with E-state index in [1.165, 1.54) is 11.3 Å². The van der Waals surface area contributed by atoms with Gasteiger partial charge in [-0.25, -0.2) is 0 Å². The molecule has 0 atom stereocenters. The van der Waals surface area contributed by atoms with E-state index < -0.39 is 0 Å². The lowest BCUT2D eigenvalue weighted by atomic mass is 10.0. The fourth-order valence-electron chi connectivity index (χ4n) is 4.47. The van der Waals surface area contributed by atoms with Gasteiger partial charge in [0.05, 0.1) is 34.5 Å². The summed E-state index contributed by atoms with van der Waals surface area (Å²) in [6, 6.07) is 14.5. The molecule has 2 N–H and O–H groups in total. The Labute approximate surface area is 212 Å². The summed E-state index contributed by atoms with van der Waals surface area (Å²) < 4.78 is 0. The van der Waals surface area contributed by atoms with Crippen LogP contribution in [-0.4, -0.2) is 46.3 Å². The van der Waals surface area contributed by atoms with Crippen molar-refractivity contribution < 1.29 is 4.79 Å². The molecule has 1 aliphatic heterocycles. The van der Waals surface area contributed by atoms with Crippen LogP contribution in [0.25, 0.3) is 39.0 Å². The van der Waals surface area contributed by atoms with Crippen LogP contribution >= 0.6 is 11.3 Å². The zero-order chi connectivity index (χ0) is 24.8. The zero-order valence-corrected chi connectivity index (χ0v) is 21.0. The molecule has 8 heteroatoms. The molecule has 5 heterocycles. The predicted molar refractivity (Wildman–Crippen MR) is 147 cm³/mol. The Balaban J connectivity index is 1.43. The zero-order valence-electron chi connectivity index (χ0n) is 20.2. The Morgan fingerprint density at radius 3 is 2.75 bits per heavy atom. The molecular weight excluding hydrogens is 468 g/mol. The number of hydrogen-bond donors (Lipinski definition) is 2. The van der Waals surface area contributed by atoms with Crippen LogP contribution in [-0.2, 0) is 6.54 Å². The quantitative estimate of drug-likeness (QED) is 0.296. The number of Topliss-reactive ketones (excluding diaryl/α,β-unsaturated/α-hetero) is 1. The highest BCUT2D eigenvalue weighted by atomic mass is 32.1. The highest BCUT2D eigenvalue weighted by Gasteiger charge is 2.20. The normalized spacial score (nSPS) is 12.9. The van der Waals surface area contributed by atoms with E-state index in [0.29, 0.717) is 6.54 Å². The van der Waals surface area contributed by atoms with Crippen LogP contribution in [0.1, 0.15) is 32.7 Å². The molecule has 1 aromatic carbocycles. The standard InChI is InChI=1S/C28H24N6OS/c1-16(35)26-6-7-27(36-26)20-8-9-29-15-25-21(20)12-24(31-25)28-22-11-17(4-5-23(22)32-33-28)18-10-19(34(2)3)14-30-13-18/h4-14,31H,15H2,1-3H3,(H,32,33). The molecule has 0 radical (unpaired) electrons. The van der Waals surface area contributed by atoms with Crippen molar-refractivity contribution in [1.82, 2.24) is 20.2 Å². The number of pyridine rings is 1. The monoisotopic (exact) mass is 492 g/mol.